The fraction of sp³-hybridized carbons (Fsp3) is 0.500. The second-order valence-corrected chi connectivity index (χ2v) is 6.57. The summed E-state index contributed by atoms with van der Waals surface area (Å²) in [4.78, 5) is 12.5. The van der Waals surface area contributed by atoms with Crippen LogP contribution in [0.15, 0.2) is 24.3 Å². The monoisotopic (exact) mass is 328 g/mol. The predicted octanol–water partition coefficient (Wildman–Crippen LogP) is 2.61. The van der Waals surface area contributed by atoms with Gasteiger partial charge in [-0.2, -0.15) is 0 Å². The highest BCUT2D eigenvalue weighted by Gasteiger charge is 2.24. The number of carbonyl (C=O) groups excluding carboxylic acids is 1. The van der Waals surface area contributed by atoms with Crippen LogP contribution in [0.2, 0.25) is 0 Å². The standard InChI is InChI=1S/C18H24N4O2/c1-12(2)17-16(18(23)19-11-15-5-4-10-24-15)20-21-22(17)14-8-6-13(3)7-9-14/h6-9,12,15H,4-5,10-11H2,1-3H3,(H,19,23). The van der Waals surface area contributed by atoms with Crippen LogP contribution in [0.5, 0.6) is 0 Å². The van der Waals surface area contributed by atoms with Crippen molar-refractivity contribution in [3.05, 3.63) is 41.2 Å². The maximum atomic E-state index is 12.5. The summed E-state index contributed by atoms with van der Waals surface area (Å²) >= 11 is 0. The van der Waals surface area contributed by atoms with E-state index in [9.17, 15) is 4.79 Å². The molecule has 6 nitrogen and oxygen atoms in total. The SMILES string of the molecule is Cc1ccc(-n2nnc(C(=O)NCC3CCCO3)c2C(C)C)cc1. The molecule has 1 saturated heterocycles. The molecule has 1 atom stereocenters. The number of aromatic nitrogens is 3. The number of amides is 1. The minimum atomic E-state index is -0.187. The van der Waals surface area contributed by atoms with Crippen LogP contribution in [0.25, 0.3) is 5.69 Å². The molecule has 1 aromatic heterocycles. The Balaban J connectivity index is 1.82. The van der Waals surface area contributed by atoms with Gasteiger partial charge < -0.3 is 10.1 Å². The molecule has 1 amide bonds. The number of ether oxygens (including phenoxy) is 1. The lowest BCUT2D eigenvalue weighted by Crippen LogP contribution is -2.32. The number of nitrogens with one attached hydrogen (secondary N) is 1. The molecule has 1 fully saturated rings. The van der Waals surface area contributed by atoms with Gasteiger partial charge in [-0.25, -0.2) is 4.68 Å². The zero-order valence-corrected chi connectivity index (χ0v) is 14.5. The third kappa shape index (κ3) is 3.48. The highest BCUT2D eigenvalue weighted by Crippen LogP contribution is 2.22. The van der Waals surface area contributed by atoms with E-state index in [1.807, 2.05) is 45.0 Å². The number of hydrogen-bond acceptors (Lipinski definition) is 4. The van der Waals surface area contributed by atoms with Crippen molar-refractivity contribution in [3.63, 3.8) is 0 Å². The largest absolute Gasteiger partial charge is 0.376 e. The second kappa shape index (κ2) is 7.13. The summed E-state index contributed by atoms with van der Waals surface area (Å²) in [6, 6.07) is 8.03. The predicted molar refractivity (Wildman–Crippen MR) is 91.5 cm³/mol. The smallest absolute Gasteiger partial charge is 0.273 e. The molecule has 1 aliphatic rings. The summed E-state index contributed by atoms with van der Waals surface area (Å²) in [6.45, 7) is 7.42. The fourth-order valence-corrected chi connectivity index (χ4v) is 2.94. The minimum absolute atomic E-state index is 0.114. The Morgan fingerprint density at radius 1 is 1.38 bits per heavy atom. The number of aryl methyl sites for hydroxylation is 1. The van der Waals surface area contributed by atoms with E-state index in [0.717, 1.165) is 30.8 Å². The van der Waals surface area contributed by atoms with Crippen LogP contribution in [0.4, 0.5) is 0 Å². The summed E-state index contributed by atoms with van der Waals surface area (Å²) in [7, 11) is 0. The molecule has 128 valence electrons. The molecule has 2 heterocycles. The van der Waals surface area contributed by atoms with Crippen molar-refractivity contribution in [2.75, 3.05) is 13.2 Å². The van der Waals surface area contributed by atoms with Crippen molar-refractivity contribution < 1.29 is 9.53 Å². The van der Waals surface area contributed by atoms with E-state index in [2.05, 4.69) is 15.6 Å². The molecular formula is C18H24N4O2. The van der Waals surface area contributed by atoms with E-state index in [4.69, 9.17) is 4.74 Å². The van der Waals surface area contributed by atoms with Crippen molar-refractivity contribution in [1.82, 2.24) is 20.3 Å². The number of benzene rings is 1. The van der Waals surface area contributed by atoms with Crippen LogP contribution in [0.1, 0.15) is 54.4 Å². The van der Waals surface area contributed by atoms with Gasteiger partial charge in [-0.15, -0.1) is 5.10 Å². The molecule has 0 radical (unpaired) electrons. The van der Waals surface area contributed by atoms with Gasteiger partial charge in [-0.1, -0.05) is 36.8 Å². The third-order valence-electron chi connectivity index (χ3n) is 4.26. The first-order valence-electron chi connectivity index (χ1n) is 8.48. The van der Waals surface area contributed by atoms with Crippen molar-refractivity contribution in [2.45, 2.75) is 45.6 Å². The van der Waals surface area contributed by atoms with E-state index < -0.39 is 0 Å². The van der Waals surface area contributed by atoms with Gasteiger partial charge in [0.05, 0.1) is 17.5 Å². The lowest BCUT2D eigenvalue weighted by atomic mass is 10.1. The molecule has 1 aliphatic heterocycles. The third-order valence-corrected chi connectivity index (χ3v) is 4.26. The van der Waals surface area contributed by atoms with E-state index in [-0.39, 0.29) is 17.9 Å². The molecule has 0 saturated carbocycles. The Bertz CT molecular complexity index is 700. The van der Waals surface area contributed by atoms with Crippen molar-refractivity contribution in [3.8, 4) is 5.69 Å². The summed E-state index contributed by atoms with van der Waals surface area (Å²) in [5.41, 5.74) is 3.31. The van der Waals surface area contributed by atoms with Crippen molar-refractivity contribution in [2.24, 2.45) is 0 Å². The fourth-order valence-electron chi connectivity index (χ4n) is 2.94. The number of rotatable bonds is 5. The minimum Gasteiger partial charge on any atom is -0.376 e. The van der Waals surface area contributed by atoms with Crippen LogP contribution in [-0.2, 0) is 4.74 Å². The molecule has 24 heavy (non-hydrogen) atoms. The van der Waals surface area contributed by atoms with Gasteiger partial charge in [0.25, 0.3) is 5.91 Å². The highest BCUT2D eigenvalue weighted by molar-refractivity contribution is 5.93. The van der Waals surface area contributed by atoms with Crippen LogP contribution in [0.3, 0.4) is 0 Å². The lowest BCUT2D eigenvalue weighted by molar-refractivity contribution is 0.0852. The average molecular weight is 328 g/mol. The molecule has 1 unspecified atom stereocenters. The number of carbonyl (C=O) groups is 1. The van der Waals surface area contributed by atoms with E-state index in [1.54, 1.807) is 4.68 Å². The average Bonchev–Trinajstić information content (AvgIpc) is 3.22. The maximum absolute atomic E-state index is 12.5. The molecule has 0 bridgehead atoms. The van der Waals surface area contributed by atoms with Crippen LogP contribution in [0, 0.1) is 6.92 Å². The number of nitrogens with zero attached hydrogens (tertiary/aromatic N) is 3. The Labute approximate surface area is 142 Å². The van der Waals surface area contributed by atoms with Crippen LogP contribution < -0.4 is 5.32 Å². The first kappa shape index (κ1) is 16.6. The van der Waals surface area contributed by atoms with Gasteiger partial charge in [-0.3, -0.25) is 4.79 Å². The number of hydrogen-bond donors (Lipinski definition) is 1. The van der Waals surface area contributed by atoms with E-state index >= 15 is 0 Å². The normalized spacial score (nSPS) is 17.4. The van der Waals surface area contributed by atoms with E-state index in [0.29, 0.717) is 12.2 Å². The quantitative estimate of drug-likeness (QED) is 0.916. The zero-order valence-electron chi connectivity index (χ0n) is 14.5. The first-order valence-corrected chi connectivity index (χ1v) is 8.48. The summed E-state index contributed by atoms with van der Waals surface area (Å²) in [5.74, 6) is -0.0580. The Kier molecular flexibility index (Phi) is 4.94. The summed E-state index contributed by atoms with van der Waals surface area (Å²) in [5, 5.41) is 11.3. The highest BCUT2D eigenvalue weighted by atomic mass is 16.5. The van der Waals surface area contributed by atoms with Crippen molar-refractivity contribution >= 4 is 5.91 Å². The van der Waals surface area contributed by atoms with Gasteiger partial charge in [0.15, 0.2) is 5.69 Å². The molecule has 1 N–H and O–H groups in total. The molecule has 2 aromatic rings. The maximum Gasteiger partial charge on any atom is 0.273 e. The Morgan fingerprint density at radius 3 is 2.75 bits per heavy atom. The van der Waals surface area contributed by atoms with Crippen LogP contribution >= 0.6 is 0 Å². The lowest BCUT2D eigenvalue weighted by Gasteiger charge is -2.13. The Hall–Kier alpha value is -2.21. The first-order chi connectivity index (χ1) is 11.6. The molecule has 6 heteroatoms. The topological polar surface area (TPSA) is 69.0 Å². The molecule has 0 spiro atoms. The molecule has 0 aliphatic carbocycles. The van der Waals surface area contributed by atoms with Gasteiger partial charge in [0.1, 0.15) is 0 Å². The molecule has 3 rings (SSSR count). The van der Waals surface area contributed by atoms with Gasteiger partial charge in [0, 0.05) is 13.2 Å². The molecular weight excluding hydrogens is 304 g/mol. The van der Waals surface area contributed by atoms with Crippen molar-refractivity contribution in [1.29, 1.82) is 0 Å². The Morgan fingerprint density at radius 2 is 2.12 bits per heavy atom. The summed E-state index contributed by atoms with van der Waals surface area (Å²) < 4.78 is 7.30. The molecule has 1 aromatic carbocycles. The van der Waals surface area contributed by atoms with Gasteiger partial charge in [0.2, 0.25) is 0 Å². The summed E-state index contributed by atoms with van der Waals surface area (Å²) in [6.07, 6.45) is 2.16. The van der Waals surface area contributed by atoms with Gasteiger partial charge in [-0.05, 0) is 37.8 Å². The second-order valence-electron chi connectivity index (χ2n) is 6.57. The van der Waals surface area contributed by atoms with Crippen LogP contribution in [-0.4, -0.2) is 40.2 Å². The zero-order chi connectivity index (χ0) is 17.1. The van der Waals surface area contributed by atoms with E-state index in [1.165, 1.54) is 5.56 Å². The van der Waals surface area contributed by atoms with Gasteiger partial charge >= 0.3 is 0 Å².